The minimum absolute atomic E-state index is 0.175. The summed E-state index contributed by atoms with van der Waals surface area (Å²) in [4.78, 5) is 13.7. The van der Waals surface area contributed by atoms with Crippen molar-refractivity contribution in [2.45, 2.75) is 38.9 Å². The van der Waals surface area contributed by atoms with Crippen LogP contribution < -0.4 is 10.2 Å². The molecule has 1 atom stereocenters. The average molecular weight is 373 g/mol. The molecule has 1 aromatic rings. The standard InChI is InChI=1S/C18H20FN5O3/c1-18(2,3)27-17(25)24-7-6-14(11-24)26-16-5-4-12(19)8-15(16)23-22-13(9-20)10-21/h4-5,8,14,23H,6-7,11H2,1-3H3. The molecule has 9 heteroatoms. The molecular formula is C18H20FN5O3. The number of benzene rings is 1. The summed E-state index contributed by atoms with van der Waals surface area (Å²) in [6, 6.07) is 6.99. The van der Waals surface area contributed by atoms with E-state index in [9.17, 15) is 9.18 Å². The normalized spacial score (nSPS) is 16.1. The monoisotopic (exact) mass is 373 g/mol. The molecule has 0 radical (unpaired) electrons. The second kappa shape index (κ2) is 8.37. The number of nitrogens with zero attached hydrogens (tertiary/aromatic N) is 4. The van der Waals surface area contributed by atoms with Crippen LogP contribution in [0.2, 0.25) is 0 Å². The summed E-state index contributed by atoms with van der Waals surface area (Å²) in [5, 5.41) is 21.0. The fourth-order valence-electron chi connectivity index (χ4n) is 2.38. The first-order valence-electron chi connectivity index (χ1n) is 8.30. The molecule has 27 heavy (non-hydrogen) atoms. The van der Waals surface area contributed by atoms with E-state index in [4.69, 9.17) is 20.0 Å². The van der Waals surface area contributed by atoms with Crippen molar-refractivity contribution >= 4 is 17.5 Å². The summed E-state index contributed by atoms with van der Waals surface area (Å²) in [7, 11) is 0. The second-order valence-electron chi connectivity index (χ2n) is 6.89. The highest BCUT2D eigenvalue weighted by Crippen LogP contribution is 2.28. The van der Waals surface area contributed by atoms with Gasteiger partial charge in [-0.2, -0.15) is 15.6 Å². The van der Waals surface area contributed by atoms with Crippen LogP contribution in [0.4, 0.5) is 14.9 Å². The third-order valence-electron chi connectivity index (χ3n) is 3.53. The van der Waals surface area contributed by atoms with Gasteiger partial charge < -0.3 is 14.4 Å². The lowest BCUT2D eigenvalue weighted by atomic mass is 10.2. The van der Waals surface area contributed by atoms with Crippen LogP contribution in [0.1, 0.15) is 27.2 Å². The van der Waals surface area contributed by atoms with Gasteiger partial charge in [0.25, 0.3) is 0 Å². The van der Waals surface area contributed by atoms with E-state index in [2.05, 4.69) is 10.5 Å². The molecule has 0 bridgehead atoms. The van der Waals surface area contributed by atoms with Crippen molar-refractivity contribution in [2.24, 2.45) is 5.10 Å². The Balaban J connectivity index is 2.06. The van der Waals surface area contributed by atoms with E-state index in [1.165, 1.54) is 12.1 Å². The Kier molecular flexibility index (Phi) is 6.19. The molecule has 1 aliphatic heterocycles. The van der Waals surface area contributed by atoms with Crippen LogP contribution in [-0.4, -0.2) is 41.5 Å². The minimum atomic E-state index is -0.582. The van der Waals surface area contributed by atoms with Crippen molar-refractivity contribution in [1.82, 2.24) is 4.90 Å². The highest BCUT2D eigenvalue weighted by molar-refractivity contribution is 6.10. The predicted octanol–water partition coefficient (Wildman–Crippen LogP) is 3.03. The van der Waals surface area contributed by atoms with Gasteiger partial charge in [-0.05, 0) is 32.9 Å². The molecule has 1 aliphatic rings. The van der Waals surface area contributed by atoms with Gasteiger partial charge in [0.05, 0.1) is 6.54 Å². The Morgan fingerprint density at radius 3 is 2.70 bits per heavy atom. The number of likely N-dealkylation sites (tertiary alicyclic amines) is 1. The Bertz CT molecular complexity index is 804. The molecule has 1 N–H and O–H groups in total. The number of amides is 1. The van der Waals surface area contributed by atoms with Gasteiger partial charge in [-0.1, -0.05) is 0 Å². The van der Waals surface area contributed by atoms with Crippen molar-refractivity contribution in [3.8, 4) is 17.9 Å². The van der Waals surface area contributed by atoms with E-state index in [-0.39, 0.29) is 11.8 Å². The Labute approximate surface area is 156 Å². The first-order valence-corrected chi connectivity index (χ1v) is 8.30. The van der Waals surface area contributed by atoms with Gasteiger partial charge in [-0.25, -0.2) is 9.18 Å². The van der Waals surface area contributed by atoms with Gasteiger partial charge in [0.15, 0.2) is 0 Å². The van der Waals surface area contributed by atoms with E-state index in [0.717, 1.165) is 6.07 Å². The lowest BCUT2D eigenvalue weighted by Crippen LogP contribution is -2.36. The first-order chi connectivity index (χ1) is 12.7. The van der Waals surface area contributed by atoms with Crippen LogP contribution in [0.3, 0.4) is 0 Å². The van der Waals surface area contributed by atoms with Crippen LogP contribution in [0.15, 0.2) is 23.3 Å². The van der Waals surface area contributed by atoms with E-state index in [0.29, 0.717) is 25.3 Å². The first kappa shape index (κ1) is 20.0. The van der Waals surface area contributed by atoms with E-state index in [1.54, 1.807) is 37.8 Å². The van der Waals surface area contributed by atoms with Crippen LogP contribution in [0.25, 0.3) is 0 Å². The zero-order chi connectivity index (χ0) is 20.0. The maximum absolute atomic E-state index is 13.5. The summed E-state index contributed by atoms with van der Waals surface area (Å²) < 4.78 is 24.7. The molecule has 1 aromatic carbocycles. The number of hydrogen-bond acceptors (Lipinski definition) is 7. The second-order valence-corrected chi connectivity index (χ2v) is 6.89. The largest absolute Gasteiger partial charge is 0.486 e. The molecule has 1 unspecified atom stereocenters. The lowest BCUT2D eigenvalue weighted by molar-refractivity contribution is 0.0276. The molecule has 0 spiro atoms. The summed E-state index contributed by atoms with van der Waals surface area (Å²) in [5.74, 6) is -0.233. The van der Waals surface area contributed by atoms with Gasteiger partial charge >= 0.3 is 6.09 Å². The van der Waals surface area contributed by atoms with E-state index in [1.807, 2.05) is 0 Å². The van der Waals surface area contributed by atoms with Crippen molar-refractivity contribution < 1.29 is 18.7 Å². The van der Waals surface area contributed by atoms with Crippen LogP contribution in [-0.2, 0) is 4.74 Å². The zero-order valence-corrected chi connectivity index (χ0v) is 15.3. The van der Waals surface area contributed by atoms with Gasteiger partial charge in [-0.3, -0.25) is 5.43 Å². The number of halogens is 1. The Morgan fingerprint density at radius 1 is 1.37 bits per heavy atom. The van der Waals surface area contributed by atoms with Gasteiger partial charge in [-0.15, -0.1) is 0 Å². The summed E-state index contributed by atoms with van der Waals surface area (Å²) in [6.07, 6.45) is -0.136. The zero-order valence-electron chi connectivity index (χ0n) is 15.3. The topological polar surface area (TPSA) is 111 Å². The summed E-state index contributed by atoms with van der Waals surface area (Å²) in [5.41, 5.74) is 1.66. The van der Waals surface area contributed by atoms with Crippen molar-refractivity contribution in [3.63, 3.8) is 0 Å². The van der Waals surface area contributed by atoms with Crippen LogP contribution >= 0.6 is 0 Å². The Hall–Kier alpha value is -3.33. The van der Waals surface area contributed by atoms with Crippen LogP contribution in [0.5, 0.6) is 5.75 Å². The number of carbonyl (C=O) groups is 1. The maximum Gasteiger partial charge on any atom is 0.410 e. The van der Waals surface area contributed by atoms with E-state index < -0.39 is 23.2 Å². The SMILES string of the molecule is CC(C)(C)OC(=O)N1CCC(Oc2ccc(F)cc2NN=C(C#N)C#N)C1. The number of rotatable bonds is 4. The fraction of sp³-hybridized carbons (Fsp3) is 0.444. The summed E-state index contributed by atoms with van der Waals surface area (Å²) >= 11 is 0. The quantitative estimate of drug-likeness (QED) is 0.641. The number of hydrogen-bond donors (Lipinski definition) is 1. The van der Waals surface area contributed by atoms with E-state index >= 15 is 0 Å². The molecule has 1 saturated heterocycles. The number of ether oxygens (including phenoxy) is 2. The van der Waals surface area contributed by atoms with Gasteiger partial charge in [0.1, 0.15) is 41.1 Å². The smallest absolute Gasteiger partial charge is 0.410 e. The number of anilines is 1. The molecule has 1 heterocycles. The highest BCUT2D eigenvalue weighted by Gasteiger charge is 2.31. The molecular weight excluding hydrogens is 353 g/mol. The highest BCUT2D eigenvalue weighted by atomic mass is 19.1. The average Bonchev–Trinajstić information content (AvgIpc) is 3.05. The molecule has 142 valence electrons. The third-order valence-corrected chi connectivity index (χ3v) is 3.53. The molecule has 8 nitrogen and oxygen atoms in total. The molecule has 0 aromatic heterocycles. The fourth-order valence-corrected chi connectivity index (χ4v) is 2.38. The minimum Gasteiger partial charge on any atom is -0.486 e. The molecule has 2 rings (SSSR count). The Morgan fingerprint density at radius 2 is 2.07 bits per heavy atom. The van der Waals surface area contributed by atoms with Crippen LogP contribution in [0, 0.1) is 28.5 Å². The number of nitriles is 2. The third kappa shape index (κ3) is 5.86. The molecule has 1 fully saturated rings. The maximum atomic E-state index is 13.5. The lowest BCUT2D eigenvalue weighted by Gasteiger charge is -2.24. The number of hydrazone groups is 1. The predicted molar refractivity (Wildman–Crippen MR) is 95.5 cm³/mol. The molecule has 0 aliphatic carbocycles. The van der Waals surface area contributed by atoms with Gasteiger partial charge in [0, 0.05) is 19.0 Å². The van der Waals surface area contributed by atoms with Crippen molar-refractivity contribution in [3.05, 3.63) is 24.0 Å². The number of carbonyl (C=O) groups excluding carboxylic acids is 1. The molecule has 0 saturated carbocycles. The molecule has 1 amide bonds. The van der Waals surface area contributed by atoms with Crippen molar-refractivity contribution in [1.29, 1.82) is 10.5 Å². The van der Waals surface area contributed by atoms with Gasteiger partial charge in [0.2, 0.25) is 5.71 Å². The summed E-state index contributed by atoms with van der Waals surface area (Å²) in [6.45, 7) is 6.19. The number of nitrogens with one attached hydrogen (secondary N) is 1. The van der Waals surface area contributed by atoms with Crippen molar-refractivity contribution in [2.75, 3.05) is 18.5 Å².